The van der Waals surface area contributed by atoms with Crippen LogP contribution >= 0.6 is 7.14 Å². The van der Waals surface area contributed by atoms with Crippen LogP contribution in [0.5, 0.6) is 0 Å². The Hall–Kier alpha value is -1.86. The summed E-state index contributed by atoms with van der Waals surface area (Å²) in [6, 6.07) is 18.6. The molecule has 0 N–H and O–H groups in total. The molecule has 2 aromatic rings. The lowest BCUT2D eigenvalue weighted by atomic mass is 10.4. The van der Waals surface area contributed by atoms with Crippen LogP contribution in [-0.4, -0.2) is 19.2 Å². The first-order valence-corrected chi connectivity index (χ1v) is 8.33. The topological polar surface area (TPSA) is 43.4 Å². The van der Waals surface area contributed by atoms with E-state index in [1.54, 1.807) is 0 Å². The zero-order valence-electron chi connectivity index (χ0n) is 11.4. The maximum absolute atomic E-state index is 13.4. The van der Waals surface area contributed by atoms with E-state index in [0.29, 0.717) is 0 Å². The van der Waals surface area contributed by atoms with E-state index in [1.807, 2.05) is 60.7 Å². The molecule has 2 rings (SSSR count). The molecular weight excluding hydrogens is 271 g/mol. The van der Waals surface area contributed by atoms with E-state index in [1.165, 1.54) is 7.11 Å². The molecule has 0 atom stereocenters. The average Bonchev–Trinajstić information content (AvgIpc) is 2.54. The number of methoxy groups -OCH3 is 1. The standard InChI is InChI=1S/C16H17O3P/c1-19-16(17)12-13-20(18,14-8-4-2-5-9-14)15-10-6-3-7-11-15/h2-11H,12-13H2,1H3. The van der Waals surface area contributed by atoms with E-state index in [9.17, 15) is 9.36 Å². The van der Waals surface area contributed by atoms with Crippen LogP contribution in [-0.2, 0) is 14.1 Å². The van der Waals surface area contributed by atoms with Crippen molar-refractivity contribution in [2.24, 2.45) is 0 Å². The first kappa shape index (κ1) is 14.5. The van der Waals surface area contributed by atoms with Gasteiger partial charge in [-0.25, -0.2) is 0 Å². The van der Waals surface area contributed by atoms with Gasteiger partial charge >= 0.3 is 5.97 Å². The third-order valence-electron chi connectivity index (χ3n) is 3.21. The van der Waals surface area contributed by atoms with Crippen molar-refractivity contribution in [1.29, 1.82) is 0 Å². The SMILES string of the molecule is COC(=O)CCP(=O)(c1ccccc1)c1ccccc1. The lowest BCUT2D eigenvalue weighted by Gasteiger charge is -2.18. The Labute approximate surface area is 119 Å². The first-order valence-electron chi connectivity index (χ1n) is 6.44. The Balaban J connectivity index is 2.39. The molecule has 0 unspecified atom stereocenters. The molecule has 20 heavy (non-hydrogen) atoms. The molecule has 2 aromatic carbocycles. The Kier molecular flexibility index (Phi) is 4.75. The predicted molar refractivity (Wildman–Crippen MR) is 81.3 cm³/mol. The summed E-state index contributed by atoms with van der Waals surface area (Å²) >= 11 is 0. The average molecular weight is 288 g/mol. The highest BCUT2D eigenvalue weighted by Crippen LogP contribution is 2.43. The molecule has 0 amide bonds. The van der Waals surface area contributed by atoms with Crippen LogP contribution in [0.4, 0.5) is 0 Å². The molecule has 0 aliphatic carbocycles. The summed E-state index contributed by atoms with van der Waals surface area (Å²) in [5.74, 6) is -0.336. The normalized spacial score (nSPS) is 11.1. The number of rotatable bonds is 5. The smallest absolute Gasteiger partial charge is 0.305 e. The van der Waals surface area contributed by atoms with Gasteiger partial charge in [0, 0.05) is 16.8 Å². The highest BCUT2D eigenvalue weighted by atomic mass is 31.2. The van der Waals surface area contributed by atoms with Crippen LogP contribution in [0.1, 0.15) is 6.42 Å². The minimum Gasteiger partial charge on any atom is -0.469 e. The molecule has 0 heterocycles. The van der Waals surface area contributed by atoms with E-state index in [-0.39, 0.29) is 18.6 Å². The third-order valence-corrected chi connectivity index (χ3v) is 6.32. The molecule has 0 aromatic heterocycles. The highest BCUT2D eigenvalue weighted by molar-refractivity contribution is 7.78. The van der Waals surface area contributed by atoms with Crippen molar-refractivity contribution in [2.45, 2.75) is 6.42 Å². The molecule has 104 valence electrons. The summed E-state index contributed by atoms with van der Waals surface area (Å²) in [6.45, 7) is 0. The van der Waals surface area contributed by atoms with E-state index in [4.69, 9.17) is 0 Å². The molecule has 3 nitrogen and oxygen atoms in total. The molecule has 0 aliphatic rings. The van der Waals surface area contributed by atoms with Gasteiger partial charge in [-0.3, -0.25) is 4.79 Å². The third kappa shape index (κ3) is 3.17. The minimum atomic E-state index is -2.79. The molecular formula is C16H17O3P. The zero-order valence-corrected chi connectivity index (χ0v) is 12.3. The van der Waals surface area contributed by atoms with Crippen LogP contribution in [0.2, 0.25) is 0 Å². The fraction of sp³-hybridized carbons (Fsp3) is 0.188. The number of ether oxygens (including phenoxy) is 1. The molecule has 0 spiro atoms. The van der Waals surface area contributed by atoms with Crippen molar-refractivity contribution in [3.63, 3.8) is 0 Å². The number of hydrogen-bond acceptors (Lipinski definition) is 3. The van der Waals surface area contributed by atoms with Crippen molar-refractivity contribution >= 4 is 23.7 Å². The minimum absolute atomic E-state index is 0.150. The second-order valence-electron chi connectivity index (χ2n) is 4.46. The lowest BCUT2D eigenvalue weighted by Crippen LogP contribution is -2.20. The van der Waals surface area contributed by atoms with E-state index >= 15 is 0 Å². The molecule has 0 radical (unpaired) electrons. The van der Waals surface area contributed by atoms with Gasteiger partial charge in [0.05, 0.1) is 13.5 Å². The molecule has 0 saturated heterocycles. The summed E-state index contributed by atoms with van der Waals surface area (Å²) in [5, 5.41) is 1.55. The van der Waals surface area contributed by atoms with Crippen LogP contribution in [0.3, 0.4) is 0 Å². The van der Waals surface area contributed by atoms with Crippen molar-refractivity contribution in [3.8, 4) is 0 Å². The summed E-state index contributed by atoms with van der Waals surface area (Å²) in [4.78, 5) is 11.4. The number of carbonyl (C=O) groups is 1. The van der Waals surface area contributed by atoms with Crippen LogP contribution in [0.25, 0.3) is 0 Å². The van der Waals surface area contributed by atoms with E-state index in [0.717, 1.165) is 10.6 Å². The fourth-order valence-corrected chi connectivity index (χ4v) is 4.72. The van der Waals surface area contributed by atoms with Crippen molar-refractivity contribution < 1.29 is 14.1 Å². The quantitative estimate of drug-likeness (QED) is 0.627. The van der Waals surface area contributed by atoms with Gasteiger partial charge in [0.15, 0.2) is 0 Å². The first-order chi connectivity index (χ1) is 9.66. The number of hydrogen-bond donors (Lipinski definition) is 0. The Bertz CT molecular complexity index is 565. The van der Waals surface area contributed by atoms with Crippen molar-refractivity contribution in [3.05, 3.63) is 60.7 Å². The second-order valence-corrected chi connectivity index (χ2v) is 7.42. The monoisotopic (exact) mass is 288 g/mol. The molecule has 0 saturated carbocycles. The van der Waals surface area contributed by atoms with Gasteiger partial charge in [0.25, 0.3) is 0 Å². The summed E-state index contributed by atoms with van der Waals surface area (Å²) in [5.41, 5.74) is 0. The van der Waals surface area contributed by atoms with Crippen molar-refractivity contribution in [2.75, 3.05) is 13.3 Å². The Morgan fingerprint density at radius 1 is 0.950 bits per heavy atom. The fourth-order valence-electron chi connectivity index (χ4n) is 2.10. The number of esters is 1. The maximum atomic E-state index is 13.4. The van der Waals surface area contributed by atoms with Gasteiger partial charge in [0.2, 0.25) is 0 Å². The Morgan fingerprint density at radius 3 is 1.80 bits per heavy atom. The molecule has 4 heteroatoms. The lowest BCUT2D eigenvalue weighted by molar-refractivity contribution is -0.140. The van der Waals surface area contributed by atoms with Gasteiger partial charge in [-0.15, -0.1) is 0 Å². The zero-order chi connectivity index (χ0) is 14.4. The van der Waals surface area contributed by atoms with E-state index in [2.05, 4.69) is 4.74 Å². The van der Waals surface area contributed by atoms with Crippen LogP contribution < -0.4 is 10.6 Å². The van der Waals surface area contributed by atoms with Gasteiger partial charge in [-0.2, -0.15) is 0 Å². The summed E-state index contributed by atoms with van der Waals surface area (Å²) in [7, 11) is -1.45. The maximum Gasteiger partial charge on any atom is 0.305 e. The number of benzene rings is 2. The predicted octanol–water partition coefficient (Wildman–Crippen LogP) is 2.56. The second kappa shape index (κ2) is 6.53. The highest BCUT2D eigenvalue weighted by Gasteiger charge is 2.27. The number of carbonyl (C=O) groups excluding carboxylic acids is 1. The summed E-state index contributed by atoms with van der Waals surface area (Å²) < 4.78 is 18.1. The Morgan fingerprint density at radius 2 is 1.40 bits per heavy atom. The van der Waals surface area contributed by atoms with Gasteiger partial charge in [-0.05, 0) is 0 Å². The molecule has 0 fully saturated rings. The molecule has 0 aliphatic heterocycles. The van der Waals surface area contributed by atoms with Crippen LogP contribution in [0.15, 0.2) is 60.7 Å². The summed E-state index contributed by atoms with van der Waals surface area (Å²) in [6.07, 6.45) is 0.436. The molecule has 0 bridgehead atoms. The van der Waals surface area contributed by atoms with Gasteiger partial charge in [0.1, 0.15) is 7.14 Å². The van der Waals surface area contributed by atoms with E-state index < -0.39 is 7.14 Å². The van der Waals surface area contributed by atoms with Gasteiger partial charge < -0.3 is 9.30 Å². The van der Waals surface area contributed by atoms with Crippen LogP contribution in [0, 0.1) is 0 Å². The van der Waals surface area contributed by atoms with Gasteiger partial charge in [-0.1, -0.05) is 60.7 Å². The van der Waals surface area contributed by atoms with Crippen molar-refractivity contribution in [1.82, 2.24) is 0 Å². The largest absolute Gasteiger partial charge is 0.469 e.